The predicted molar refractivity (Wildman–Crippen MR) is 247 cm³/mol. The van der Waals surface area contributed by atoms with Gasteiger partial charge in [-0.2, -0.15) is 0 Å². The van der Waals surface area contributed by atoms with Gasteiger partial charge in [0.1, 0.15) is 25.1 Å². The molecular weight excluding hydrogens is 765 g/mol. The highest BCUT2D eigenvalue weighted by Gasteiger charge is 2.40. The van der Waals surface area contributed by atoms with Crippen LogP contribution in [0, 0.1) is 11.8 Å². The molecule has 0 radical (unpaired) electrons. The van der Waals surface area contributed by atoms with E-state index in [0.717, 1.165) is 48.3 Å². The second-order valence-corrected chi connectivity index (χ2v) is 21.0. The van der Waals surface area contributed by atoms with Gasteiger partial charge in [0.15, 0.2) is 8.32 Å². The van der Waals surface area contributed by atoms with Crippen molar-refractivity contribution in [3.05, 3.63) is 85.0 Å². The summed E-state index contributed by atoms with van der Waals surface area (Å²) >= 11 is 0. The Morgan fingerprint density at radius 2 is 1.07 bits per heavy atom. The molecule has 0 aliphatic rings. The van der Waals surface area contributed by atoms with E-state index >= 15 is 0 Å². The lowest BCUT2D eigenvalue weighted by Crippen LogP contribution is -2.45. The third kappa shape index (κ3) is 25.1. The van der Waals surface area contributed by atoms with Gasteiger partial charge in [0.25, 0.3) is 0 Å². The van der Waals surface area contributed by atoms with Gasteiger partial charge in [0.05, 0.1) is 45.7 Å². The number of hydrogen-bond donors (Lipinski definition) is 1. The van der Waals surface area contributed by atoms with Crippen LogP contribution in [0.4, 0.5) is 0 Å². The molecule has 0 aliphatic carbocycles. The van der Waals surface area contributed by atoms with Crippen LogP contribution in [-0.4, -0.2) is 93.1 Å². The standard InChI is InChI=1S/C26H46O5Si.C20H32O5.2CH4/c1-10-11-21(2)25(30-20-27-6)18-24(31-32(8,9)26(3,4)5)16-17-29-19-22-12-14-23(28-7)15-13-22;1-5-6-16(2)20(25-15-22-3)13-18(21)11-12-24-14-17-7-9-19(23-4)10-8-17;;/h10,12-15,21,24-25H,1,11,16-20H2,2-9H3;5,7-10,16,18,20-21H,1,6,11-15H2,2-4H3;2*1H4/t21-,24+,25+;16-,18+,20+;;/m00../s1. The maximum absolute atomic E-state index is 10.3. The van der Waals surface area contributed by atoms with E-state index in [9.17, 15) is 5.11 Å². The number of methoxy groups -OCH3 is 4. The second-order valence-electron chi connectivity index (χ2n) is 16.2. The summed E-state index contributed by atoms with van der Waals surface area (Å²) in [5, 5.41) is 10.4. The summed E-state index contributed by atoms with van der Waals surface area (Å²) in [5.74, 6) is 2.30. The lowest BCUT2D eigenvalue weighted by Gasteiger charge is -2.40. The third-order valence-corrected chi connectivity index (χ3v) is 15.0. The first-order chi connectivity index (χ1) is 27.1. The molecule has 6 atom stereocenters. The van der Waals surface area contributed by atoms with E-state index in [1.807, 2.05) is 60.7 Å². The molecule has 0 saturated heterocycles. The molecule has 11 heteroatoms. The highest BCUT2D eigenvalue weighted by Crippen LogP contribution is 2.38. The average Bonchev–Trinajstić information content (AvgIpc) is 3.18. The number of aliphatic hydroxyl groups excluding tert-OH is 1. The molecule has 0 unspecified atom stereocenters. The molecule has 0 aliphatic heterocycles. The van der Waals surface area contributed by atoms with Crippen LogP contribution < -0.4 is 9.47 Å². The van der Waals surface area contributed by atoms with Crippen LogP contribution in [0.3, 0.4) is 0 Å². The largest absolute Gasteiger partial charge is 0.497 e. The molecule has 0 aromatic heterocycles. The fraction of sp³-hybridized carbons (Fsp3) is 0.667. The van der Waals surface area contributed by atoms with Crippen molar-refractivity contribution < 1.29 is 47.4 Å². The molecule has 59 heavy (non-hydrogen) atoms. The summed E-state index contributed by atoms with van der Waals surface area (Å²) < 4.78 is 50.7. The highest BCUT2D eigenvalue weighted by atomic mass is 28.4. The van der Waals surface area contributed by atoms with Crippen molar-refractivity contribution in [2.45, 2.75) is 144 Å². The van der Waals surface area contributed by atoms with Gasteiger partial charge >= 0.3 is 0 Å². The highest BCUT2D eigenvalue weighted by molar-refractivity contribution is 6.74. The van der Waals surface area contributed by atoms with Gasteiger partial charge in [0.2, 0.25) is 0 Å². The van der Waals surface area contributed by atoms with E-state index < -0.39 is 14.4 Å². The number of benzene rings is 2. The molecule has 0 spiro atoms. The Kier molecular flexibility index (Phi) is 32.8. The lowest BCUT2D eigenvalue weighted by atomic mass is 9.95. The van der Waals surface area contributed by atoms with Gasteiger partial charge in [-0.3, -0.25) is 0 Å². The summed E-state index contributed by atoms with van der Waals surface area (Å²) in [6.07, 6.45) is 7.93. The molecule has 0 amide bonds. The Hall–Kier alpha value is -2.58. The Labute approximate surface area is 362 Å². The van der Waals surface area contributed by atoms with Crippen molar-refractivity contribution in [1.29, 1.82) is 0 Å². The molecular formula is C48H86O10Si. The van der Waals surface area contributed by atoms with E-state index in [-0.39, 0.29) is 57.7 Å². The molecule has 10 nitrogen and oxygen atoms in total. The SMILES string of the molecule is C.C.C=CC[C@H](C)[C@@H](C[C@@H](CCOCc1ccc(OC)cc1)O[Si](C)(C)C(C)(C)C)OCOC.C=CC[C@H](C)[C@@H](C[C@H](O)CCOCc1ccc(OC)cc1)OCOC. The number of allylic oxidation sites excluding steroid dienone is 2. The Morgan fingerprint density at radius 1 is 0.661 bits per heavy atom. The second kappa shape index (κ2) is 33.1. The smallest absolute Gasteiger partial charge is 0.192 e. The summed E-state index contributed by atoms with van der Waals surface area (Å²) in [6, 6.07) is 15.8. The fourth-order valence-corrected chi connectivity index (χ4v) is 7.19. The summed E-state index contributed by atoms with van der Waals surface area (Å²) in [6.45, 7) is 26.1. The molecule has 2 aromatic rings. The van der Waals surface area contributed by atoms with Crippen LogP contribution >= 0.6 is 0 Å². The summed E-state index contributed by atoms with van der Waals surface area (Å²) in [5.41, 5.74) is 2.21. The molecule has 342 valence electrons. The summed E-state index contributed by atoms with van der Waals surface area (Å²) in [7, 11) is 4.64. The van der Waals surface area contributed by atoms with Gasteiger partial charge in [-0.1, -0.05) is 85.9 Å². The first-order valence-corrected chi connectivity index (χ1v) is 23.2. The number of rotatable bonds is 30. The molecule has 0 fully saturated rings. The summed E-state index contributed by atoms with van der Waals surface area (Å²) in [4.78, 5) is 0. The first-order valence-electron chi connectivity index (χ1n) is 20.3. The van der Waals surface area contributed by atoms with Crippen molar-refractivity contribution in [1.82, 2.24) is 0 Å². The van der Waals surface area contributed by atoms with Crippen molar-refractivity contribution >= 4 is 8.32 Å². The van der Waals surface area contributed by atoms with E-state index in [0.29, 0.717) is 45.2 Å². The van der Waals surface area contributed by atoms with Gasteiger partial charge in [-0.25, -0.2) is 0 Å². The van der Waals surface area contributed by atoms with Crippen molar-refractivity contribution in [3.63, 3.8) is 0 Å². The Bertz CT molecular complexity index is 1300. The number of aliphatic hydroxyl groups is 1. The zero-order chi connectivity index (χ0) is 42.7. The zero-order valence-electron chi connectivity index (χ0n) is 37.3. The molecule has 1 N–H and O–H groups in total. The van der Waals surface area contributed by atoms with Crippen LogP contribution in [0.15, 0.2) is 73.8 Å². The minimum Gasteiger partial charge on any atom is -0.497 e. The molecule has 2 aromatic carbocycles. The van der Waals surface area contributed by atoms with E-state index in [1.54, 1.807) is 28.4 Å². The van der Waals surface area contributed by atoms with Crippen LogP contribution in [0.2, 0.25) is 18.1 Å². The zero-order valence-corrected chi connectivity index (χ0v) is 38.3. The van der Waals surface area contributed by atoms with Crippen LogP contribution in [-0.2, 0) is 46.1 Å². The predicted octanol–water partition coefficient (Wildman–Crippen LogP) is 11.4. The maximum atomic E-state index is 10.3. The molecule has 0 bridgehead atoms. The quantitative estimate of drug-likeness (QED) is 0.0354. The van der Waals surface area contributed by atoms with E-state index in [4.69, 9.17) is 42.3 Å². The fourth-order valence-electron chi connectivity index (χ4n) is 5.79. The third-order valence-electron chi connectivity index (χ3n) is 10.4. The Balaban J connectivity index is 0. The monoisotopic (exact) mass is 851 g/mol. The molecule has 0 heterocycles. The maximum Gasteiger partial charge on any atom is 0.192 e. The molecule has 0 saturated carbocycles. The first kappa shape index (κ1) is 58.5. The van der Waals surface area contributed by atoms with Gasteiger partial charge in [0, 0.05) is 33.5 Å². The van der Waals surface area contributed by atoms with Crippen molar-refractivity contribution in [3.8, 4) is 11.5 Å². The van der Waals surface area contributed by atoms with Gasteiger partial charge in [-0.15, -0.1) is 13.2 Å². The van der Waals surface area contributed by atoms with Crippen molar-refractivity contribution in [2.75, 3.05) is 55.2 Å². The van der Waals surface area contributed by atoms with E-state index in [2.05, 4.69) is 60.9 Å². The lowest BCUT2D eigenvalue weighted by molar-refractivity contribution is -0.103. The van der Waals surface area contributed by atoms with Crippen LogP contribution in [0.5, 0.6) is 11.5 Å². The van der Waals surface area contributed by atoms with Gasteiger partial charge < -0.3 is 47.4 Å². The van der Waals surface area contributed by atoms with Crippen LogP contribution in [0.25, 0.3) is 0 Å². The minimum atomic E-state index is -1.93. The van der Waals surface area contributed by atoms with Gasteiger partial charge in [-0.05, 0) is 104 Å². The molecule has 2 rings (SSSR count). The normalized spacial score (nSPS) is 14.5. The number of ether oxygens (including phenoxy) is 8. The minimum absolute atomic E-state index is 0. The Morgan fingerprint density at radius 3 is 1.44 bits per heavy atom. The topological polar surface area (TPSA) is 103 Å². The number of hydrogen-bond acceptors (Lipinski definition) is 10. The van der Waals surface area contributed by atoms with Crippen LogP contribution in [0.1, 0.15) is 99.1 Å². The average molecular weight is 851 g/mol. The van der Waals surface area contributed by atoms with E-state index in [1.165, 1.54) is 0 Å². The van der Waals surface area contributed by atoms with Crippen molar-refractivity contribution in [2.24, 2.45) is 11.8 Å².